The van der Waals surface area contributed by atoms with Gasteiger partial charge in [0.25, 0.3) is 0 Å². The van der Waals surface area contributed by atoms with E-state index in [1.807, 2.05) is 48.8 Å². The monoisotopic (exact) mass is 342 g/mol. The Morgan fingerprint density at radius 3 is 2.43 bits per heavy atom. The van der Waals surface area contributed by atoms with E-state index < -0.39 is 0 Å². The fraction of sp³-hybridized carbons (Fsp3) is 0.118. The molecule has 3 rings (SSSR count). The molecule has 0 bridgehead atoms. The molecule has 0 radical (unpaired) electrons. The minimum atomic E-state index is 0.792. The summed E-state index contributed by atoms with van der Waals surface area (Å²) < 4.78 is 8.20. The van der Waals surface area contributed by atoms with Crippen LogP contribution < -0.4 is 4.74 Å². The Balaban J connectivity index is 1.96. The van der Waals surface area contributed by atoms with Gasteiger partial charge in [0.05, 0.1) is 19.1 Å². The first-order chi connectivity index (χ1) is 10.3. The van der Waals surface area contributed by atoms with Gasteiger partial charge in [0.2, 0.25) is 0 Å². The lowest BCUT2D eigenvalue weighted by atomic mass is 10.1. The molecule has 1 heterocycles. The van der Waals surface area contributed by atoms with E-state index in [9.17, 15) is 0 Å². The third kappa shape index (κ3) is 3.00. The van der Waals surface area contributed by atoms with Crippen LogP contribution in [0.2, 0.25) is 0 Å². The number of imidazole rings is 1. The van der Waals surface area contributed by atoms with E-state index in [4.69, 9.17) is 4.74 Å². The van der Waals surface area contributed by atoms with Gasteiger partial charge in [-0.25, -0.2) is 4.98 Å². The third-order valence-electron chi connectivity index (χ3n) is 3.35. The topological polar surface area (TPSA) is 27.1 Å². The minimum Gasteiger partial charge on any atom is -0.497 e. The van der Waals surface area contributed by atoms with E-state index in [1.54, 1.807) is 7.11 Å². The lowest BCUT2D eigenvalue weighted by molar-refractivity contribution is 0.415. The van der Waals surface area contributed by atoms with Crippen LogP contribution in [-0.4, -0.2) is 16.7 Å². The number of nitrogens with zero attached hydrogens (tertiary/aromatic N) is 2. The third-order valence-corrected chi connectivity index (χ3v) is 3.93. The number of benzene rings is 2. The standard InChI is InChI=1S/C17H15BrN2O/c1-21-15-9-7-14(8-10-15)16-17(18)19-12-20(16)11-13-5-3-2-4-6-13/h2-10,12H,11H2,1H3. The van der Waals surface area contributed by atoms with Gasteiger partial charge in [-0.3, -0.25) is 0 Å². The molecule has 3 aromatic rings. The van der Waals surface area contributed by atoms with Crippen LogP contribution in [0.1, 0.15) is 5.56 Å². The van der Waals surface area contributed by atoms with Crippen molar-refractivity contribution in [2.45, 2.75) is 6.54 Å². The summed E-state index contributed by atoms with van der Waals surface area (Å²) in [7, 11) is 1.67. The van der Waals surface area contributed by atoms with E-state index in [0.717, 1.165) is 28.2 Å². The van der Waals surface area contributed by atoms with Gasteiger partial charge in [-0.15, -0.1) is 0 Å². The summed E-state index contributed by atoms with van der Waals surface area (Å²) in [4.78, 5) is 4.38. The summed E-state index contributed by atoms with van der Waals surface area (Å²) in [5.74, 6) is 0.851. The number of hydrogen-bond donors (Lipinski definition) is 0. The van der Waals surface area contributed by atoms with Crippen LogP contribution in [0.5, 0.6) is 5.75 Å². The molecule has 0 aliphatic rings. The average Bonchev–Trinajstić information content (AvgIpc) is 2.89. The van der Waals surface area contributed by atoms with Crippen molar-refractivity contribution in [3.63, 3.8) is 0 Å². The summed E-state index contributed by atoms with van der Waals surface area (Å²) >= 11 is 3.54. The van der Waals surface area contributed by atoms with E-state index in [1.165, 1.54) is 5.56 Å². The van der Waals surface area contributed by atoms with Crippen molar-refractivity contribution in [1.82, 2.24) is 9.55 Å². The molecule has 0 atom stereocenters. The zero-order valence-corrected chi connectivity index (χ0v) is 13.2. The SMILES string of the molecule is COc1ccc(-c2c(Br)ncn2Cc2ccccc2)cc1. The molecule has 21 heavy (non-hydrogen) atoms. The summed E-state index contributed by atoms with van der Waals surface area (Å²) in [6.07, 6.45) is 1.86. The Morgan fingerprint density at radius 2 is 1.76 bits per heavy atom. The Morgan fingerprint density at radius 1 is 1.05 bits per heavy atom. The smallest absolute Gasteiger partial charge is 0.132 e. The van der Waals surface area contributed by atoms with Crippen molar-refractivity contribution in [3.8, 4) is 17.0 Å². The van der Waals surface area contributed by atoms with Gasteiger partial charge >= 0.3 is 0 Å². The predicted octanol–water partition coefficient (Wildman–Crippen LogP) is 4.37. The van der Waals surface area contributed by atoms with Gasteiger partial charge in [-0.1, -0.05) is 30.3 Å². The molecule has 0 amide bonds. The second-order valence-electron chi connectivity index (χ2n) is 4.73. The fourth-order valence-corrected chi connectivity index (χ4v) is 2.84. The number of rotatable bonds is 4. The molecule has 3 nitrogen and oxygen atoms in total. The van der Waals surface area contributed by atoms with E-state index >= 15 is 0 Å². The van der Waals surface area contributed by atoms with Crippen molar-refractivity contribution in [1.29, 1.82) is 0 Å². The quantitative estimate of drug-likeness (QED) is 0.703. The van der Waals surface area contributed by atoms with Crippen LogP contribution in [0.4, 0.5) is 0 Å². The van der Waals surface area contributed by atoms with E-state index in [0.29, 0.717) is 0 Å². The van der Waals surface area contributed by atoms with Crippen molar-refractivity contribution < 1.29 is 4.74 Å². The predicted molar refractivity (Wildman–Crippen MR) is 87.5 cm³/mol. The highest BCUT2D eigenvalue weighted by molar-refractivity contribution is 9.10. The fourth-order valence-electron chi connectivity index (χ4n) is 2.29. The van der Waals surface area contributed by atoms with Crippen LogP contribution in [-0.2, 0) is 6.54 Å². The lowest BCUT2D eigenvalue weighted by Crippen LogP contribution is -2.00. The van der Waals surface area contributed by atoms with Crippen molar-refractivity contribution in [2.75, 3.05) is 7.11 Å². The first kappa shape index (κ1) is 13.9. The lowest BCUT2D eigenvalue weighted by Gasteiger charge is -2.10. The van der Waals surface area contributed by atoms with Gasteiger partial charge in [0, 0.05) is 12.1 Å². The number of methoxy groups -OCH3 is 1. The van der Waals surface area contributed by atoms with E-state index in [-0.39, 0.29) is 0 Å². The maximum atomic E-state index is 5.21. The molecule has 0 N–H and O–H groups in total. The second kappa shape index (κ2) is 6.14. The molecule has 1 aromatic heterocycles. The van der Waals surface area contributed by atoms with Gasteiger partial charge in [0.15, 0.2) is 0 Å². The number of ether oxygens (including phenoxy) is 1. The summed E-state index contributed by atoms with van der Waals surface area (Å²) in [5.41, 5.74) is 3.43. The Hall–Kier alpha value is -2.07. The van der Waals surface area contributed by atoms with Gasteiger partial charge in [-0.2, -0.15) is 0 Å². The zero-order valence-electron chi connectivity index (χ0n) is 11.7. The molecule has 0 spiro atoms. The molecular weight excluding hydrogens is 328 g/mol. The zero-order chi connectivity index (χ0) is 14.7. The minimum absolute atomic E-state index is 0.792. The van der Waals surface area contributed by atoms with Gasteiger partial charge in [0.1, 0.15) is 10.4 Å². The summed E-state index contributed by atoms with van der Waals surface area (Å²) in [6.45, 7) is 0.792. The number of aromatic nitrogens is 2. The van der Waals surface area contributed by atoms with Gasteiger partial charge < -0.3 is 9.30 Å². The maximum absolute atomic E-state index is 5.21. The molecule has 0 saturated heterocycles. The Labute approximate surface area is 132 Å². The Bertz CT molecular complexity index is 720. The highest BCUT2D eigenvalue weighted by Gasteiger charge is 2.11. The second-order valence-corrected chi connectivity index (χ2v) is 5.48. The maximum Gasteiger partial charge on any atom is 0.132 e. The number of hydrogen-bond acceptors (Lipinski definition) is 2. The molecule has 0 fully saturated rings. The molecule has 4 heteroatoms. The molecule has 0 saturated carbocycles. The Kier molecular flexibility index (Phi) is 4.06. The molecular formula is C17H15BrN2O. The van der Waals surface area contributed by atoms with Crippen LogP contribution >= 0.6 is 15.9 Å². The largest absolute Gasteiger partial charge is 0.497 e. The molecule has 0 aliphatic heterocycles. The normalized spacial score (nSPS) is 10.6. The average molecular weight is 343 g/mol. The molecule has 0 unspecified atom stereocenters. The van der Waals surface area contributed by atoms with Crippen LogP contribution in [0, 0.1) is 0 Å². The van der Waals surface area contributed by atoms with Crippen molar-refractivity contribution in [2.24, 2.45) is 0 Å². The molecule has 2 aromatic carbocycles. The first-order valence-corrected chi connectivity index (χ1v) is 7.46. The molecule has 0 aliphatic carbocycles. The van der Waals surface area contributed by atoms with E-state index in [2.05, 4.69) is 37.6 Å². The van der Waals surface area contributed by atoms with Crippen molar-refractivity contribution in [3.05, 3.63) is 71.1 Å². The van der Waals surface area contributed by atoms with Crippen molar-refractivity contribution >= 4 is 15.9 Å². The highest BCUT2D eigenvalue weighted by atomic mass is 79.9. The van der Waals surface area contributed by atoms with Gasteiger partial charge in [-0.05, 0) is 45.8 Å². The summed E-state index contributed by atoms with van der Waals surface area (Å²) in [5, 5.41) is 0. The molecule has 106 valence electrons. The van der Waals surface area contributed by atoms with Crippen LogP contribution in [0.3, 0.4) is 0 Å². The van der Waals surface area contributed by atoms with Crippen LogP contribution in [0.25, 0.3) is 11.3 Å². The van der Waals surface area contributed by atoms with Crippen LogP contribution in [0.15, 0.2) is 65.5 Å². The highest BCUT2D eigenvalue weighted by Crippen LogP contribution is 2.29. The first-order valence-electron chi connectivity index (χ1n) is 6.67. The number of halogens is 1. The summed E-state index contributed by atoms with van der Waals surface area (Å²) in [6, 6.07) is 18.4.